The summed E-state index contributed by atoms with van der Waals surface area (Å²) in [6.45, 7) is 7.04. The third-order valence-corrected chi connectivity index (χ3v) is 4.31. The van der Waals surface area contributed by atoms with Gasteiger partial charge in [-0.05, 0) is 67.2 Å². The van der Waals surface area contributed by atoms with Crippen molar-refractivity contribution in [2.24, 2.45) is 0 Å². The minimum Gasteiger partial charge on any atom is -0.444 e. The first kappa shape index (κ1) is 16.8. The van der Waals surface area contributed by atoms with Crippen LogP contribution in [0, 0.1) is 11.3 Å². The molecule has 1 aliphatic heterocycles. The molecule has 1 heterocycles. The summed E-state index contributed by atoms with van der Waals surface area (Å²) in [5.41, 5.74) is 1.31. The highest BCUT2D eigenvalue weighted by atomic mass is 79.9. The molecule has 5 heteroatoms. The molecule has 1 fully saturated rings. The van der Waals surface area contributed by atoms with Crippen molar-refractivity contribution in [1.29, 1.82) is 5.26 Å². The van der Waals surface area contributed by atoms with Gasteiger partial charge >= 0.3 is 6.09 Å². The molecule has 0 spiro atoms. The standard InChI is InChI=1S/C17H21BrN2O2/c1-17(2,3)22-16(21)20-8-4-5-14(11-20)12-6-7-13(10-19)15(18)9-12/h6-7,9,14H,4-5,8,11H2,1-3H3. The third-order valence-electron chi connectivity index (χ3n) is 3.66. The molecule has 2 rings (SSSR count). The summed E-state index contributed by atoms with van der Waals surface area (Å²) in [6, 6.07) is 7.94. The van der Waals surface area contributed by atoms with E-state index in [9.17, 15) is 4.79 Å². The molecule has 0 saturated carbocycles. The Labute approximate surface area is 140 Å². The first-order chi connectivity index (χ1) is 10.3. The Morgan fingerprint density at radius 3 is 2.77 bits per heavy atom. The predicted molar refractivity (Wildman–Crippen MR) is 88.6 cm³/mol. The number of carbonyl (C=O) groups is 1. The quantitative estimate of drug-likeness (QED) is 0.740. The Balaban J connectivity index is 2.09. The van der Waals surface area contributed by atoms with Crippen LogP contribution >= 0.6 is 15.9 Å². The molecule has 0 aromatic heterocycles. The summed E-state index contributed by atoms with van der Waals surface area (Å²) >= 11 is 3.43. The maximum atomic E-state index is 12.2. The molecule has 0 N–H and O–H groups in total. The highest BCUT2D eigenvalue weighted by Crippen LogP contribution is 2.30. The van der Waals surface area contributed by atoms with E-state index < -0.39 is 5.60 Å². The number of nitriles is 1. The van der Waals surface area contributed by atoms with Crippen LogP contribution in [0.4, 0.5) is 4.79 Å². The van der Waals surface area contributed by atoms with Gasteiger partial charge in [-0.15, -0.1) is 0 Å². The molecule has 22 heavy (non-hydrogen) atoms. The minimum absolute atomic E-state index is 0.245. The van der Waals surface area contributed by atoms with E-state index in [2.05, 4.69) is 22.0 Å². The number of ether oxygens (including phenoxy) is 1. The molecule has 0 radical (unpaired) electrons. The summed E-state index contributed by atoms with van der Waals surface area (Å²) in [4.78, 5) is 14.0. The van der Waals surface area contributed by atoms with Gasteiger partial charge in [0, 0.05) is 23.5 Å². The highest BCUT2D eigenvalue weighted by molar-refractivity contribution is 9.10. The molecule has 1 saturated heterocycles. The Morgan fingerprint density at radius 2 is 2.18 bits per heavy atom. The second-order valence-corrected chi connectivity index (χ2v) is 7.47. The molecule has 0 bridgehead atoms. The van der Waals surface area contributed by atoms with E-state index in [0.717, 1.165) is 29.4 Å². The lowest BCUT2D eigenvalue weighted by atomic mass is 9.90. The summed E-state index contributed by atoms with van der Waals surface area (Å²) in [7, 11) is 0. The molecule has 118 valence electrons. The number of likely N-dealkylation sites (tertiary alicyclic amines) is 1. The second kappa shape index (κ2) is 6.70. The van der Waals surface area contributed by atoms with Crippen molar-refractivity contribution in [1.82, 2.24) is 4.90 Å². The van der Waals surface area contributed by atoms with E-state index >= 15 is 0 Å². The zero-order valence-corrected chi connectivity index (χ0v) is 14.8. The van der Waals surface area contributed by atoms with Gasteiger partial charge in [-0.25, -0.2) is 4.79 Å². The van der Waals surface area contributed by atoms with Crippen LogP contribution in [0.25, 0.3) is 0 Å². The number of hydrogen-bond donors (Lipinski definition) is 0. The average molecular weight is 365 g/mol. The maximum absolute atomic E-state index is 12.2. The van der Waals surface area contributed by atoms with Gasteiger partial charge in [-0.1, -0.05) is 6.07 Å². The number of amides is 1. The fraction of sp³-hybridized carbons (Fsp3) is 0.529. The smallest absolute Gasteiger partial charge is 0.410 e. The number of rotatable bonds is 1. The fourth-order valence-electron chi connectivity index (χ4n) is 2.62. The zero-order valence-electron chi connectivity index (χ0n) is 13.2. The summed E-state index contributed by atoms with van der Waals surface area (Å²) in [5.74, 6) is 0.283. The Morgan fingerprint density at radius 1 is 1.45 bits per heavy atom. The molecule has 1 aliphatic rings. The monoisotopic (exact) mass is 364 g/mol. The molecular weight excluding hydrogens is 344 g/mol. The number of nitrogens with zero attached hydrogens (tertiary/aromatic N) is 2. The Hall–Kier alpha value is -1.54. The lowest BCUT2D eigenvalue weighted by Gasteiger charge is -2.34. The van der Waals surface area contributed by atoms with Crippen molar-refractivity contribution in [2.75, 3.05) is 13.1 Å². The van der Waals surface area contributed by atoms with E-state index in [0.29, 0.717) is 12.1 Å². The molecule has 1 aromatic carbocycles. The predicted octanol–water partition coefficient (Wildman–Crippen LogP) is 4.44. The average Bonchev–Trinajstić information content (AvgIpc) is 2.45. The summed E-state index contributed by atoms with van der Waals surface area (Å²) < 4.78 is 6.26. The summed E-state index contributed by atoms with van der Waals surface area (Å²) in [6.07, 6.45) is 1.75. The number of carbonyl (C=O) groups excluding carboxylic acids is 1. The van der Waals surface area contributed by atoms with Crippen LogP contribution in [0.1, 0.15) is 50.7 Å². The SMILES string of the molecule is CC(C)(C)OC(=O)N1CCCC(c2ccc(C#N)c(Br)c2)C1. The lowest BCUT2D eigenvalue weighted by molar-refractivity contribution is 0.0198. The van der Waals surface area contributed by atoms with Crippen molar-refractivity contribution in [3.05, 3.63) is 33.8 Å². The third kappa shape index (κ3) is 4.23. The number of benzene rings is 1. The van der Waals surface area contributed by atoms with Crippen LogP contribution in [0.15, 0.2) is 22.7 Å². The van der Waals surface area contributed by atoms with Gasteiger partial charge in [0.05, 0.1) is 5.56 Å². The number of piperidine rings is 1. The topological polar surface area (TPSA) is 53.3 Å². The normalized spacial score (nSPS) is 18.7. The van der Waals surface area contributed by atoms with Crippen molar-refractivity contribution in [2.45, 2.75) is 45.1 Å². The van der Waals surface area contributed by atoms with Crippen LogP contribution in [0.5, 0.6) is 0 Å². The van der Waals surface area contributed by atoms with Crippen molar-refractivity contribution < 1.29 is 9.53 Å². The van der Waals surface area contributed by atoms with E-state index in [-0.39, 0.29) is 12.0 Å². The largest absolute Gasteiger partial charge is 0.444 e. The van der Waals surface area contributed by atoms with Gasteiger partial charge < -0.3 is 9.64 Å². The van der Waals surface area contributed by atoms with Crippen LogP contribution in [-0.4, -0.2) is 29.7 Å². The van der Waals surface area contributed by atoms with Crippen LogP contribution in [-0.2, 0) is 4.74 Å². The van der Waals surface area contributed by atoms with Crippen LogP contribution in [0.3, 0.4) is 0 Å². The highest BCUT2D eigenvalue weighted by Gasteiger charge is 2.28. The molecule has 1 aromatic rings. The van der Waals surface area contributed by atoms with E-state index in [1.165, 1.54) is 0 Å². The lowest BCUT2D eigenvalue weighted by Crippen LogP contribution is -2.42. The van der Waals surface area contributed by atoms with Gasteiger partial charge in [0.1, 0.15) is 11.7 Å². The Kier molecular flexibility index (Phi) is 5.12. The number of hydrogen-bond acceptors (Lipinski definition) is 3. The van der Waals surface area contributed by atoms with Crippen LogP contribution < -0.4 is 0 Å². The van der Waals surface area contributed by atoms with E-state index in [1.807, 2.05) is 39.0 Å². The van der Waals surface area contributed by atoms with Crippen molar-refractivity contribution in [3.8, 4) is 6.07 Å². The van der Waals surface area contributed by atoms with Crippen LogP contribution in [0.2, 0.25) is 0 Å². The first-order valence-electron chi connectivity index (χ1n) is 7.47. The molecular formula is C17H21BrN2O2. The van der Waals surface area contributed by atoms with E-state index in [4.69, 9.17) is 10.00 Å². The van der Waals surface area contributed by atoms with Gasteiger partial charge in [0.25, 0.3) is 0 Å². The van der Waals surface area contributed by atoms with Gasteiger partial charge in [-0.2, -0.15) is 5.26 Å². The molecule has 0 aliphatic carbocycles. The van der Waals surface area contributed by atoms with Gasteiger partial charge in [0.2, 0.25) is 0 Å². The minimum atomic E-state index is -0.471. The number of halogens is 1. The molecule has 4 nitrogen and oxygen atoms in total. The Bertz CT molecular complexity index is 602. The maximum Gasteiger partial charge on any atom is 0.410 e. The summed E-state index contributed by atoms with van der Waals surface area (Å²) in [5, 5.41) is 8.99. The van der Waals surface area contributed by atoms with Gasteiger partial charge in [0.15, 0.2) is 0 Å². The molecule has 1 amide bonds. The zero-order chi connectivity index (χ0) is 16.3. The second-order valence-electron chi connectivity index (χ2n) is 6.62. The molecule has 1 atom stereocenters. The first-order valence-corrected chi connectivity index (χ1v) is 8.27. The fourth-order valence-corrected chi connectivity index (χ4v) is 3.10. The van der Waals surface area contributed by atoms with Crippen molar-refractivity contribution in [3.63, 3.8) is 0 Å². The molecule has 1 unspecified atom stereocenters. The van der Waals surface area contributed by atoms with Crippen molar-refractivity contribution >= 4 is 22.0 Å². The van der Waals surface area contributed by atoms with E-state index in [1.54, 1.807) is 4.90 Å². The van der Waals surface area contributed by atoms with Gasteiger partial charge in [-0.3, -0.25) is 0 Å².